The van der Waals surface area contributed by atoms with Crippen molar-refractivity contribution in [3.63, 3.8) is 0 Å². The van der Waals surface area contributed by atoms with Crippen LogP contribution in [0.5, 0.6) is 0 Å². The van der Waals surface area contributed by atoms with Gasteiger partial charge in [-0.25, -0.2) is 4.98 Å². The van der Waals surface area contributed by atoms with E-state index in [9.17, 15) is 13.2 Å². The number of nitrogens with zero attached hydrogens (tertiary/aromatic N) is 4. The molecule has 152 valence electrons. The van der Waals surface area contributed by atoms with E-state index in [4.69, 9.17) is 0 Å². The van der Waals surface area contributed by atoms with Crippen LogP contribution >= 0.6 is 0 Å². The van der Waals surface area contributed by atoms with E-state index in [2.05, 4.69) is 25.7 Å². The van der Waals surface area contributed by atoms with Crippen molar-refractivity contribution in [2.24, 2.45) is 0 Å². The Morgan fingerprint density at radius 3 is 2.60 bits per heavy atom. The maximum Gasteiger partial charge on any atom is 0.416 e. The molecule has 0 bridgehead atoms. The van der Waals surface area contributed by atoms with Crippen LogP contribution in [0, 0.1) is 0 Å². The van der Waals surface area contributed by atoms with Crippen LogP contribution in [0.25, 0.3) is 5.65 Å². The number of fused-ring (bicyclic) bond motifs is 1. The number of halogens is 3. The van der Waals surface area contributed by atoms with Crippen molar-refractivity contribution < 1.29 is 13.2 Å². The Hall–Kier alpha value is -3.56. The van der Waals surface area contributed by atoms with E-state index in [-0.39, 0.29) is 12.1 Å². The molecule has 0 amide bonds. The number of alkyl halides is 3. The van der Waals surface area contributed by atoms with Gasteiger partial charge in [0, 0.05) is 37.7 Å². The number of benzene rings is 1. The zero-order valence-corrected chi connectivity index (χ0v) is 16.1. The molecule has 0 spiro atoms. The van der Waals surface area contributed by atoms with Gasteiger partial charge in [-0.2, -0.15) is 22.8 Å². The Bertz CT molecular complexity index is 1160. The molecule has 0 saturated heterocycles. The van der Waals surface area contributed by atoms with Gasteiger partial charge >= 0.3 is 6.18 Å². The van der Waals surface area contributed by atoms with Gasteiger partial charge in [0.15, 0.2) is 5.65 Å². The zero-order chi connectivity index (χ0) is 21.1. The first kappa shape index (κ1) is 19.7. The molecule has 3 heterocycles. The Balaban J connectivity index is 1.60. The molecule has 2 N–H and O–H groups in total. The lowest BCUT2D eigenvalue weighted by molar-refractivity contribution is -0.138. The van der Waals surface area contributed by atoms with Crippen molar-refractivity contribution in [1.82, 2.24) is 19.6 Å². The molecule has 0 unspecified atom stereocenters. The minimum absolute atomic E-state index is 0.00587. The molecule has 4 rings (SSSR count). The second kappa shape index (κ2) is 8.06. The highest BCUT2D eigenvalue weighted by molar-refractivity contribution is 6.36. The normalized spacial score (nSPS) is 11.6. The molecule has 1 aromatic carbocycles. The monoisotopic (exact) mass is 410 g/mol. The summed E-state index contributed by atoms with van der Waals surface area (Å²) in [5.41, 5.74) is 1.97. The van der Waals surface area contributed by atoms with E-state index in [0.717, 1.165) is 17.1 Å². The molecule has 30 heavy (non-hydrogen) atoms. The average molecular weight is 410 g/mol. The molecule has 0 fully saturated rings. The average Bonchev–Trinajstić information content (AvgIpc) is 3.12. The number of aromatic nitrogens is 4. The lowest BCUT2D eigenvalue weighted by atomic mass is 10.0. The third kappa shape index (κ3) is 4.22. The molecular formula is C20H18BF3N6. The minimum Gasteiger partial charge on any atom is -0.366 e. The third-order valence-corrected chi connectivity index (χ3v) is 4.63. The fourth-order valence-electron chi connectivity index (χ4n) is 3.12. The maximum atomic E-state index is 13.2. The van der Waals surface area contributed by atoms with Crippen LogP contribution in [0.4, 0.5) is 24.8 Å². The van der Waals surface area contributed by atoms with Gasteiger partial charge in [0.2, 0.25) is 0 Å². The zero-order valence-electron chi connectivity index (χ0n) is 16.1. The predicted molar refractivity (Wildman–Crippen MR) is 111 cm³/mol. The van der Waals surface area contributed by atoms with Gasteiger partial charge in [0.05, 0.1) is 5.56 Å². The standard InChI is InChI=1S/C20H18BF3N6/c21-16-12-28-30-18(27-10-13-4-3-7-25-9-13)8-17(29-19(16)30)26-11-14-5-1-2-6-15(14)20(22,23)24/h1-9,12,27H,10-11,21H2,(H,26,29). The summed E-state index contributed by atoms with van der Waals surface area (Å²) in [7, 11) is 1.88. The number of hydrogen-bond acceptors (Lipinski definition) is 5. The Morgan fingerprint density at radius 2 is 1.83 bits per heavy atom. The van der Waals surface area contributed by atoms with Crippen molar-refractivity contribution in [2.75, 3.05) is 10.6 Å². The number of hydrogen-bond donors (Lipinski definition) is 2. The van der Waals surface area contributed by atoms with Crippen molar-refractivity contribution >= 4 is 30.6 Å². The van der Waals surface area contributed by atoms with Crippen LogP contribution in [-0.2, 0) is 19.3 Å². The molecule has 0 aliphatic rings. The Kier molecular flexibility index (Phi) is 5.30. The molecule has 10 heteroatoms. The van der Waals surface area contributed by atoms with Crippen molar-refractivity contribution in [3.05, 3.63) is 77.7 Å². The third-order valence-electron chi connectivity index (χ3n) is 4.63. The molecule has 0 atom stereocenters. The lowest BCUT2D eigenvalue weighted by Crippen LogP contribution is -2.14. The lowest BCUT2D eigenvalue weighted by Gasteiger charge is -2.15. The van der Waals surface area contributed by atoms with Gasteiger partial charge in [-0.15, -0.1) is 0 Å². The van der Waals surface area contributed by atoms with E-state index >= 15 is 0 Å². The largest absolute Gasteiger partial charge is 0.416 e. The molecule has 0 radical (unpaired) electrons. The van der Waals surface area contributed by atoms with Crippen LogP contribution in [0.1, 0.15) is 16.7 Å². The second-order valence-electron chi connectivity index (χ2n) is 6.81. The summed E-state index contributed by atoms with van der Waals surface area (Å²) in [6.45, 7) is 0.510. The van der Waals surface area contributed by atoms with Crippen molar-refractivity contribution in [1.29, 1.82) is 0 Å². The fourth-order valence-corrected chi connectivity index (χ4v) is 3.12. The second-order valence-corrected chi connectivity index (χ2v) is 6.81. The Morgan fingerprint density at radius 1 is 1.00 bits per heavy atom. The van der Waals surface area contributed by atoms with Crippen LogP contribution in [0.2, 0.25) is 0 Å². The van der Waals surface area contributed by atoms with Crippen LogP contribution < -0.4 is 16.1 Å². The van der Waals surface area contributed by atoms with Gasteiger partial charge in [0.1, 0.15) is 19.5 Å². The van der Waals surface area contributed by atoms with Crippen LogP contribution in [0.3, 0.4) is 0 Å². The summed E-state index contributed by atoms with van der Waals surface area (Å²) >= 11 is 0. The Labute approximate surface area is 171 Å². The number of pyridine rings is 1. The van der Waals surface area contributed by atoms with Crippen LogP contribution in [0.15, 0.2) is 61.1 Å². The smallest absolute Gasteiger partial charge is 0.366 e. The van der Waals surface area contributed by atoms with Gasteiger partial charge in [-0.1, -0.05) is 24.3 Å². The van der Waals surface area contributed by atoms with E-state index < -0.39 is 11.7 Å². The first-order valence-corrected chi connectivity index (χ1v) is 9.29. The summed E-state index contributed by atoms with van der Waals surface area (Å²) in [5.74, 6) is 1.13. The molecule has 3 aromatic heterocycles. The minimum atomic E-state index is -4.41. The summed E-state index contributed by atoms with van der Waals surface area (Å²) < 4.78 is 41.4. The molecule has 4 aromatic rings. The van der Waals surface area contributed by atoms with Crippen molar-refractivity contribution in [3.8, 4) is 0 Å². The van der Waals surface area contributed by atoms with E-state index in [1.807, 2.05) is 20.0 Å². The van der Waals surface area contributed by atoms with Crippen molar-refractivity contribution in [2.45, 2.75) is 19.3 Å². The summed E-state index contributed by atoms with van der Waals surface area (Å²) in [4.78, 5) is 8.61. The van der Waals surface area contributed by atoms with Gasteiger partial charge in [0.25, 0.3) is 0 Å². The molecule has 6 nitrogen and oxygen atoms in total. The number of rotatable bonds is 6. The first-order valence-electron chi connectivity index (χ1n) is 9.29. The SMILES string of the molecule is Bc1cnn2c(NCc3cccnc3)cc(NCc3ccccc3C(F)(F)F)nc12. The van der Waals surface area contributed by atoms with E-state index in [0.29, 0.717) is 23.8 Å². The van der Waals surface area contributed by atoms with E-state index in [1.165, 1.54) is 12.1 Å². The highest BCUT2D eigenvalue weighted by Crippen LogP contribution is 2.32. The molecular weight excluding hydrogens is 392 g/mol. The highest BCUT2D eigenvalue weighted by atomic mass is 19.4. The molecule has 0 aliphatic heterocycles. The fraction of sp³-hybridized carbons (Fsp3) is 0.150. The van der Waals surface area contributed by atoms with Gasteiger partial charge in [-0.3, -0.25) is 4.98 Å². The first-order chi connectivity index (χ1) is 14.4. The number of nitrogens with one attached hydrogen (secondary N) is 2. The summed E-state index contributed by atoms with van der Waals surface area (Å²) in [6.07, 6.45) is 0.743. The topological polar surface area (TPSA) is 67.1 Å². The highest BCUT2D eigenvalue weighted by Gasteiger charge is 2.32. The summed E-state index contributed by atoms with van der Waals surface area (Å²) in [5, 5.41) is 10.6. The molecule has 0 saturated carbocycles. The predicted octanol–water partition coefficient (Wildman–Crippen LogP) is 2.63. The van der Waals surface area contributed by atoms with Crippen LogP contribution in [-0.4, -0.2) is 27.4 Å². The van der Waals surface area contributed by atoms with Gasteiger partial charge < -0.3 is 10.6 Å². The quantitative estimate of drug-likeness (QED) is 0.479. The number of anilines is 2. The maximum absolute atomic E-state index is 13.2. The molecule has 0 aliphatic carbocycles. The van der Waals surface area contributed by atoms with Gasteiger partial charge in [-0.05, 0) is 28.7 Å². The summed E-state index contributed by atoms with van der Waals surface area (Å²) in [6, 6.07) is 11.0. The van der Waals surface area contributed by atoms with E-state index in [1.54, 1.807) is 35.2 Å².